The summed E-state index contributed by atoms with van der Waals surface area (Å²) in [6.07, 6.45) is 8.28. The molecule has 1 aromatic rings. The molecule has 19 heavy (non-hydrogen) atoms. The number of nitrogens with one attached hydrogen (secondary N) is 1. The first-order valence-electron chi connectivity index (χ1n) is 7.53. The zero-order valence-corrected chi connectivity index (χ0v) is 11.2. The molecular formula is C15H21N3O. The number of amides is 1. The van der Waals surface area contributed by atoms with Crippen molar-refractivity contribution in [1.29, 1.82) is 0 Å². The predicted octanol–water partition coefficient (Wildman–Crippen LogP) is 1.79. The molecule has 4 nitrogen and oxygen atoms in total. The summed E-state index contributed by atoms with van der Waals surface area (Å²) in [6, 6.07) is 5.66. The fraction of sp³-hybridized carbons (Fsp3) is 0.667. The van der Waals surface area contributed by atoms with E-state index in [0.717, 1.165) is 31.2 Å². The van der Waals surface area contributed by atoms with E-state index in [2.05, 4.69) is 14.8 Å². The molecule has 2 heterocycles. The minimum atomic E-state index is 0.111. The summed E-state index contributed by atoms with van der Waals surface area (Å²) in [5.74, 6) is 0.111. The molecule has 2 aliphatic carbocycles. The van der Waals surface area contributed by atoms with E-state index in [1.54, 1.807) is 0 Å². The van der Waals surface area contributed by atoms with Crippen LogP contribution < -0.4 is 5.32 Å². The maximum absolute atomic E-state index is 12.4. The first-order valence-corrected chi connectivity index (χ1v) is 7.53. The van der Waals surface area contributed by atoms with Gasteiger partial charge in [0.25, 0.3) is 5.91 Å². The number of nitrogens with zero attached hydrogens (tertiary/aromatic N) is 2. The van der Waals surface area contributed by atoms with Crippen molar-refractivity contribution >= 4 is 5.91 Å². The Kier molecular flexibility index (Phi) is 2.65. The monoisotopic (exact) mass is 259 g/mol. The van der Waals surface area contributed by atoms with E-state index in [-0.39, 0.29) is 5.91 Å². The molecule has 4 rings (SSSR count). The van der Waals surface area contributed by atoms with Crippen LogP contribution in [0.15, 0.2) is 18.3 Å². The molecule has 1 aliphatic heterocycles. The highest BCUT2D eigenvalue weighted by Crippen LogP contribution is 2.36. The Balaban J connectivity index is 1.39. The van der Waals surface area contributed by atoms with Crippen LogP contribution in [0.4, 0.5) is 0 Å². The molecule has 3 aliphatic rings. The van der Waals surface area contributed by atoms with Gasteiger partial charge in [0.05, 0.1) is 0 Å². The van der Waals surface area contributed by atoms with Crippen LogP contribution in [-0.2, 0) is 0 Å². The fourth-order valence-electron chi connectivity index (χ4n) is 3.19. The third kappa shape index (κ3) is 2.29. The van der Waals surface area contributed by atoms with Crippen LogP contribution >= 0.6 is 0 Å². The Morgan fingerprint density at radius 3 is 2.68 bits per heavy atom. The molecule has 1 atom stereocenters. The van der Waals surface area contributed by atoms with Crippen LogP contribution in [0.5, 0.6) is 0 Å². The zero-order valence-electron chi connectivity index (χ0n) is 11.2. The van der Waals surface area contributed by atoms with Gasteiger partial charge in [0.2, 0.25) is 0 Å². The second kappa shape index (κ2) is 4.37. The number of rotatable bonds is 4. The number of carbonyl (C=O) groups excluding carboxylic acids is 1. The van der Waals surface area contributed by atoms with Crippen molar-refractivity contribution in [3.8, 4) is 0 Å². The SMILES string of the molecule is O=C(NC1CCN(C2CC2)C1)c1cccn1C1CC1. The summed E-state index contributed by atoms with van der Waals surface area (Å²) in [7, 11) is 0. The van der Waals surface area contributed by atoms with Crippen molar-refractivity contribution in [2.24, 2.45) is 0 Å². The van der Waals surface area contributed by atoms with Gasteiger partial charge in [0, 0.05) is 37.4 Å². The lowest BCUT2D eigenvalue weighted by Gasteiger charge is -2.16. The Bertz CT molecular complexity index is 487. The van der Waals surface area contributed by atoms with E-state index >= 15 is 0 Å². The van der Waals surface area contributed by atoms with Gasteiger partial charge in [0.1, 0.15) is 5.69 Å². The molecule has 1 amide bonds. The lowest BCUT2D eigenvalue weighted by atomic mass is 10.2. The summed E-state index contributed by atoms with van der Waals surface area (Å²) >= 11 is 0. The Hall–Kier alpha value is -1.29. The standard InChI is InChI=1S/C15H21N3O/c19-15(14-2-1-8-18(14)13-5-6-13)16-11-7-9-17(10-11)12-3-4-12/h1-2,8,11-13H,3-7,9-10H2,(H,16,19). The minimum absolute atomic E-state index is 0.111. The Morgan fingerprint density at radius 2 is 1.95 bits per heavy atom. The van der Waals surface area contributed by atoms with Crippen LogP contribution in [0, 0.1) is 0 Å². The number of aromatic nitrogens is 1. The van der Waals surface area contributed by atoms with Crippen molar-refractivity contribution in [1.82, 2.24) is 14.8 Å². The highest BCUT2D eigenvalue weighted by atomic mass is 16.2. The van der Waals surface area contributed by atoms with Crippen LogP contribution in [-0.4, -0.2) is 40.5 Å². The lowest BCUT2D eigenvalue weighted by Crippen LogP contribution is -2.38. The van der Waals surface area contributed by atoms with E-state index in [4.69, 9.17) is 0 Å². The highest BCUT2D eigenvalue weighted by Gasteiger charge is 2.35. The summed E-state index contributed by atoms with van der Waals surface area (Å²) in [6.45, 7) is 2.19. The third-order valence-corrected chi connectivity index (χ3v) is 4.57. The molecule has 0 spiro atoms. The van der Waals surface area contributed by atoms with E-state index < -0.39 is 0 Å². The number of hydrogen-bond donors (Lipinski definition) is 1. The highest BCUT2D eigenvalue weighted by molar-refractivity contribution is 5.93. The average Bonchev–Trinajstić information content (AvgIpc) is 3.34. The third-order valence-electron chi connectivity index (χ3n) is 4.57. The summed E-state index contributed by atoms with van der Waals surface area (Å²) in [5.41, 5.74) is 0.840. The van der Waals surface area contributed by atoms with E-state index in [0.29, 0.717) is 12.1 Å². The maximum Gasteiger partial charge on any atom is 0.268 e. The summed E-state index contributed by atoms with van der Waals surface area (Å²) in [4.78, 5) is 14.9. The fourth-order valence-corrected chi connectivity index (χ4v) is 3.19. The van der Waals surface area contributed by atoms with Crippen molar-refractivity contribution in [3.05, 3.63) is 24.0 Å². The largest absolute Gasteiger partial charge is 0.347 e. The molecule has 102 valence electrons. The number of carbonyl (C=O) groups is 1. The molecule has 0 aromatic carbocycles. The van der Waals surface area contributed by atoms with Gasteiger partial charge in [-0.15, -0.1) is 0 Å². The molecule has 1 aromatic heterocycles. The molecule has 1 unspecified atom stereocenters. The number of hydrogen-bond acceptors (Lipinski definition) is 2. The van der Waals surface area contributed by atoms with Crippen molar-refractivity contribution < 1.29 is 4.79 Å². The molecule has 1 saturated heterocycles. The first-order chi connectivity index (χ1) is 9.31. The molecule has 0 bridgehead atoms. The van der Waals surface area contributed by atoms with Crippen LogP contribution in [0.25, 0.3) is 0 Å². The van der Waals surface area contributed by atoms with Gasteiger partial charge in [-0.1, -0.05) is 0 Å². The normalized spacial score (nSPS) is 27.7. The summed E-state index contributed by atoms with van der Waals surface area (Å²) < 4.78 is 2.14. The zero-order chi connectivity index (χ0) is 12.8. The van der Waals surface area contributed by atoms with E-state index in [9.17, 15) is 4.79 Å². The smallest absolute Gasteiger partial charge is 0.268 e. The quantitative estimate of drug-likeness (QED) is 0.895. The maximum atomic E-state index is 12.4. The molecule has 1 N–H and O–H groups in total. The van der Waals surface area contributed by atoms with E-state index in [1.165, 1.54) is 25.7 Å². The van der Waals surface area contributed by atoms with Crippen LogP contribution in [0.1, 0.15) is 48.6 Å². The lowest BCUT2D eigenvalue weighted by molar-refractivity contribution is 0.0928. The van der Waals surface area contributed by atoms with Crippen molar-refractivity contribution in [2.45, 2.75) is 50.2 Å². The van der Waals surface area contributed by atoms with Gasteiger partial charge < -0.3 is 9.88 Å². The molecule has 3 fully saturated rings. The van der Waals surface area contributed by atoms with Gasteiger partial charge in [-0.2, -0.15) is 0 Å². The second-order valence-electron chi connectivity index (χ2n) is 6.22. The first kappa shape index (κ1) is 11.5. The minimum Gasteiger partial charge on any atom is -0.347 e. The van der Waals surface area contributed by atoms with E-state index in [1.807, 2.05) is 18.3 Å². The van der Waals surface area contributed by atoms with Gasteiger partial charge in [-0.25, -0.2) is 0 Å². The van der Waals surface area contributed by atoms with Gasteiger partial charge >= 0.3 is 0 Å². The summed E-state index contributed by atoms with van der Waals surface area (Å²) in [5, 5.41) is 3.22. The molecule has 2 saturated carbocycles. The van der Waals surface area contributed by atoms with Gasteiger partial charge in [-0.3, -0.25) is 9.69 Å². The molecular weight excluding hydrogens is 238 g/mol. The van der Waals surface area contributed by atoms with Gasteiger partial charge in [0.15, 0.2) is 0 Å². The van der Waals surface area contributed by atoms with Crippen LogP contribution in [0.3, 0.4) is 0 Å². The van der Waals surface area contributed by atoms with Crippen molar-refractivity contribution in [2.75, 3.05) is 13.1 Å². The van der Waals surface area contributed by atoms with Crippen LogP contribution in [0.2, 0.25) is 0 Å². The Labute approximate surface area is 113 Å². The topological polar surface area (TPSA) is 37.3 Å². The predicted molar refractivity (Wildman–Crippen MR) is 73.2 cm³/mol. The number of likely N-dealkylation sites (tertiary alicyclic amines) is 1. The average molecular weight is 259 g/mol. The van der Waals surface area contributed by atoms with Gasteiger partial charge in [-0.05, 0) is 44.2 Å². The molecule has 0 radical (unpaired) electrons. The second-order valence-corrected chi connectivity index (χ2v) is 6.22. The van der Waals surface area contributed by atoms with Crippen molar-refractivity contribution in [3.63, 3.8) is 0 Å². The molecule has 4 heteroatoms. The Morgan fingerprint density at radius 1 is 1.16 bits per heavy atom.